The van der Waals surface area contributed by atoms with E-state index in [1.54, 1.807) is 11.9 Å². The Morgan fingerprint density at radius 3 is 2.67 bits per heavy atom. The minimum absolute atomic E-state index is 0.172. The van der Waals surface area contributed by atoms with Crippen molar-refractivity contribution in [1.82, 2.24) is 4.90 Å². The molecule has 2 amide bonds. The van der Waals surface area contributed by atoms with Crippen LogP contribution in [0.15, 0.2) is 40.9 Å². The molecule has 1 aliphatic rings. The fraction of sp³-hybridized carbons (Fsp3) is 0.278. The predicted molar refractivity (Wildman–Crippen MR) is 96.8 cm³/mol. The minimum atomic E-state index is -0.172. The van der Waals surface area contributed by atoms with Crippen molar-refractivity contribution in [2.75, 3.05) is 25.6 Å². The van der Waals surface area contributed by atoms with Crippen molar-refractivity contribution in [3.8, 4) is 11.5 Å². The van der Waals surface area contributed by atoms with E-state index in [-0.39, 0.29) is 6.03 Å². The first-order chi connectivity index (χ1) is 11.5. The van der Waals surface area contributed by atoms with E-state index in [2.05, 4.69) is 21.2 Å². The molecule has 1 aliphatic heterocycles. The molecule has 0 unspecified atom stereocenters. The lowest BCUT2D eigenvalue weighted by atomic mass is 10.2. The van der Waals surface area contributed by atoms with Gasteiger partial charge in [-0.15, -0.1) is 0 Å². The van der Waals surface area contributed by atoms with Crippen molar-refractivity contribution in [3.05, 3.63) is 52.0 Å². The van der Waals surface area contributed by atoms with E-state index in [1.165, 1.54) is 0 Å². The number of rotatable bonds is 3. The zero-order chi connectivity index (χ0) is 17.1. The molecule has 1 N–H and O–H groups in total. The molecule has 0 spiro atoms. The van der Waals surface area contributed by atoms with E-state index >= 15 is 0 Å². The Hall–Kier alpha value is -2.21. The first-order valence-electron chi connectivity index (χ1n) is 7.70. The van der Waals surface area contributed by atoms with Gasteiger partial charge in [0.15, 0.2) is 11.5 Å². The van der Waals surface area contributed by atoms with E-state index in [1.807, 2.05) is 43.3 Å². The molecule has 24 heavy (non-hydrogen) atoms. The number of halogens is 1. The number of amides is 2. The van der Waals surface area contributed by atoms with Gasteiger partial charge in [-0.25, -0.2) is 4.79 Å². The van der Waals surface area contributed by atoms with Crippen LogP contribution in [-0.4, -0.2) is 31.2 Å². The van der Waals surface area contributed by atoms with Crippen LogP contribution in [-0.2, 0) is 6.54 Å². The summed E-state index contributed by atoms with van der Waals surface area (Å²) in [5.41, 5.74) is 2.86. The van der Waals surface area contributed by atoms with Gasteiger partial charge in [-0.1, -0.05) is 12.1 Å². The summed E-state index contributed by atoms with van der Waals surface area (Å²) >= 11 is 3.47. The van der Waals surface area contributed by atoms with Crippen LogP contribution in [0.2, 0.25) is 0 Å². The zero-order valence-electron chi connectivity index (χ0n) is 13.6. The Morgan fingerprint density at radius 1 is 1.17 bits per heavy atom. The number of carbonyl (C=O) groups excluding carboxylic acids is 1. The minimum Gasteiger partial charge on any atom is -0.486 e. The largest absolute Gasteiger partial charge is 0.486 e. The topological polar surface area (TPSA) is 50.8 Å². The molecular formula is C18H19BrN2O3. The van der Waals surface area contributed by atoms with Gasteiger partial charge in [-0.3, -0.25) is 0 Å². The van der Waals surface area contributed by atoms with E-state index in [9.17, 15) is 4.79 Å². The van der Waals surface area contributed by atoms with Gasteiger partial charge in [0.1, 0.15) is 13.2 Å². The van der Waals surface area contributed by atoms with Gasteiger partial charge in [0, 0.05) is 18.1 Å². The second kappa shape index (κ2) is 7.13. The molecule has 3 rings (SSSR count). The molecule has 0 radical (unpaired) electrons. The molecule has 0 atom stereocenters. The Balaban J connectivity index is 1.65. The van der Waals surface area contributed by atoms with Crippen LogP contribution in [0.5, 0.6) is 11.5 Å². The van der Waals surface area contributed by atoms with E-state index < -0.39 is 0 Å². The van der Waals surface area contributed by atoms with Crippen LogP contribution in [0.3, 0.4) is 0 Å². The Morgan fingerprint density at radius 2 is 1.92 bits per heavy atom. The highest BCUT2D eigenvalue weighted by Gasteiger charge is 2.15. The van der Waals surface area contributed by atoms with Crippen molar-refractivity contribution >= 4 is 27.6 Å². The Kier molecular flexibility index (Phi) is 4.94. The summed E-state index contributed by atoms with van der Waals surface area (Å²) in [6.07, 6.45) is 0. The summed E-state index contributed by atoms with van der Waals surface area (Å²) in [6.45, 7) is 3.60. The average molecular weight is 391 g/mol. The highest BCUT2D eigenvalue weighted by molar-refractivity contribution is 9.10. The SMILES string of the molecule is Cc1ccc(NC(=O)N(C)Cc2ccc3c(c2)OCCO3)c(Br)c1. The standard InChI is InChI=1S/C18H19BrN2O3/c1-12-3-5-15(14(19)9-12)20-18(22)21(2)11-13-4-6-16-17(10-13)24-8-7-23-16/h3-6,9-10H,7-8,11H2,1-2H3,(H,20,22). The van der Waals surface area contributed by atoms with Gasteiger partial charge in [0.25, 0.3) is 0 Å². The molecule has 1 heterocycles. The van der Waals surface area contributed by atoms with Crippen molar-refractivity contribution in [2.45, 2.75) is 13.5 Å². The van der Waals surface area contributed by atoms with Crippen LogP contribution >= 0.6 is 15.9 Å². The number of ether oxygens (including phenoxy) is 2. The number of anilines is 1. The summed E-state index contributed by atoms with van der Waals surface area (Å²) in [5, 5.41) is 2.90. The number of hydrogen-bond donors (Lipinski definition) is 1. The molecule has 0 aliphatic carbocycles. The molecule has 2 aromatic carbocycles. The van der Waals surface area contributed by atoms with Crippen molar-refractivity contribution in [2.24, 2.45) is 0 Å². The second-order valence-corrected chi connectivity index (χ2v) is 6.60. The van der Waals surface area contributed by atoms with Gasteiger partial charge in [-0.2, -0.15) is 0 Å². The first-order valence-corrected chi connectivity index (χ1v) is 8.49. The van der Waals surface area contributed by atoms with E-state index in [4.69, 9.17) is 9.47 Å². The maximum Gasteiger partial charge on any atom is 0.321 e. The van der Waals surface area contributed by atoms with Crippen LogP contribution < -0.4 is 14.8 Å². The smallest absolute Gasteiger partial charge is 0.321 e. The van der Waals surface area contributed by atoms with Gasteiger partial charge in [-0.05, 0) is 58.2 Å². The summed E-state index contributed by atoms with van der Waals surface area (Å²) in [6, 6.07) is 11.4. The molecule has 0 bridgehead atoms. The van der Waals surface area contributed by atoms with E-state index in [0.29, 0.717) is 19.8 Å². The zero-order valence-corrected chi connectivity index (χ0v) is 15.2. The van der Waals surface area contributed by atoms with Gasteiger partial charge >= 0.3 is 6.03 Å². The maximum atomic E-state index is 12.4. The molecule has 0 aromatic heterocycles. The second-order valence-electron chi connectivity index (χ2n) is 5.75. The van der Waals surface area contributed by atoms with Crippen molar-refractivity contribution < 1.29 is 14.3 Å². The third-order valence-corrected chi connectivity index (χ3v) is 4.40. The fourth-order valence-electron chi connectivity index (χ4n) is 2.46. The number of aryl methyl sites for hydroxylation is 1. The van der Waals surface area contributed by atoms with Crippen LogP contribution in [0.25, 0.3) is 0 Å². The van der Waals surface area contributed by atoms with Crippen LogP contribution in [0, 0.1) is 6.92 Å². The number of nitrogens with one attached hydrogen (secondary N) is 1. The lowest BCUT2D eigenvalue weighted by Crippen LogP contribution is -2.31. The number of carbonyl (C=O) groups is 1. The molecule has 126 valence electrons. The molecule has 0 saturated carbocycles. The summed E-state index contributed by atoms with van der Waals surface area (Å²) in [4.78, 5) is 14.0. The number of hydrogen-bond acceptors (Lipinski definition) is 3. The average Bonchev–Trinajstić information content (AvgIpc) is 2.57. The van der Waals surface area contributed by atoms with E-state index in [0.717, 1.165) is 32.8 Å². The van der Waals surface area contributed by atoms with Gasteiger partial charge < -0.3 is 19.7 Å². The quantitative estimate of drug-likeness (QED) is 0.854. The highest BCUT2D eigenvalue weighted by atomic mass is 79.9. The molecular weight excluding hydrogens is 372 g/mol. The summed E-state index contributed by atoms with van der Waals surface area (Å²) < 4.78 is 12.0. The highest BCUT2D eigenvalue weighted by Crippen LogP contribution is 2.31. The number of fused-ring (bicyclic) bond motifs is 1. The summed E-state index contributed by atoms with van der Waals surface area (Å²) in [7, 11) is 1.76. The van der Waals surface area contributed by atoms with Crippen LogP contribution in [0.1, 0.15) is 11.1 Å². The predicted octanol–water partition coefficient (Wildman–Crippen LogP) is 4.19. The van der Waals surface area contributed by atoms with Crippen molar-refractivity contribution in [1.29, 1.82) is 0 Å². The molecule has 2 aromatic rings. The Labute approximate surface area is 149 Å². The molecule has 5 nitrogen and oxygen atoms in total. The summed E-state index contributed by atoms with van der Waals surface area (Å²) in [5.74, 6) is 1.48. The third-order valence-electron chi connectivity index (χ3n) is 3.74. The lowest BCUT2D eigenvalue weighted by Gasteiger charge is -2.21. The number of benzene rings is 2. The number of nitrogens with zero attached hydrogens (tertiary/aromatic N) is 1. The van der Waals surface area contributed by atoms with Gasteiger partial charge in [0.2, 0.25) is 0 Å². The molecule has 0 fully saturated rings. The first kappa shape index (κ1) is 16.6. The monoisotopic (exact) mass is 390 g/mol. The van der Waals surface area contributed by atoms with Crippen LogP contribution in [0.4, 0.5) is 10.5 Å². The fourth-order valence-corrected chi connectivity index (χ4v) is 3.06. The normalized spacial score (nSPS) is 12.6. The van der Waals surface area contributed by atoms with Gasteiger partial charge in [0.05, 0.1) is 5.69 Å². The Bertz CT molecular complexity index is 764. The lowest BCUT2D eigenvalue weighted by molar-refractivity contribution is 0.171. The molecule has 0 saturated heterocycles. The maximum absolute atomic E-state index is 12.4. The van der Waals surface area contributed by atoms with Crippen molar-refractivity contribution in [3.63, 3.8) is 0 Å². The third kappa shape index (κ3) is 3.82. The number of urea groups is 1. The molecule has 6 heteroatoms.